The predicted octanol–water partition coefficient (Wildman–Crippen LogP) is 3.60. The molecule has 0 amide bonds. The monoisotopic (exact) mass is 356 g/mol. The highest BCUT2D eigenvalue weighted by Crippen LogP contribution is 2.26. The predicted molar refractivity (Wildman–Crippen MR) is 93.7 cm³/mol. The van der Waals surface area contributed by atoms with E-state index in [1.807, 2.05) is 0 Å². The van der Waals surface area contributed by atoms with E-state index in [1.54, 1.807) is 5.56 Å². The van der Waals surface area contributed by atoms with Crippen LogP contribution in [0.25, 0.3) is 0 Å². The van der Waals surface area contributed by atoms with Crippen molar-refractivity contribution < 1.29 is 0 Å². The van der Waals surface area contributed by atoms with Crippen LogP contribution in [-0.4, -0.2) is 24.2 Å². The molecule has 2 unspecified atom stereocenters. The van der Waals surface area contributed by atoms with Gasteiger partial charge in [-0.05, 0) is 41.2 Å². The fourth-order valence-electron chi connectivity index (χ4n) is 3.81. The van der Waals surface area contributed by atoms with Crippen LogP contribution in [0.15, 0.2) is 53.0 Å². The molecule has 2 bridgehead atoms. The standard InChI is InChI=1S/C19H21BrN2/c20-18-7-3-4-14(9-18)12-22-13-15-8-16-5-1-2-6-17(16)10-19(22)21-11-15/h1-7,9,15,19,21H,8,10-13H2. The fourth-order valence-corrected chi connectivity index (χ4v) is 4.26. The number of nitrogens with zero attached hydrogens (tertiary/aromatic N) is 1. The summed E-state index contributed by atoms with van der Waals surface area (Å²) < 4.78 is 1.17. The van der Waals surface area contributed by atoms with Gasteiger partial charge in [0, 0.05) is 30.5 Å². The summed E-state index contributed by atoms with van der Waals surface area (Å²) in [7, 11) is 0. The molecule has 1 saturated heterocycles. The minimum Gasteiger partial charge on any atom is -0.301 e. The highest BCUT2D eigenvalue weighted by molar-refractivity contribution is 9.10. The van der Waals surface area contributed by atoms with Gasteiger partial charge < -0.3 is 5.32 Å². The topological polar surface area (TPSA) is 15.3 Å². The van der Waals surface area contributed by atoms with Crippen LogP contribution in [0, 0.1) is 5.92 Å². The highest BCUT2D eigenvalue weighted by Gasteiger charge is 2.31. The lowest BCUT2D eigenvalue weighted by atomic mass is 9.87. The zero-order valence-corrected chi connectivity index (χ0v) is 14.2. The molecule has 3 aliphatic heterocycles. The Labute approximate surface area is 140 Å². The molecule has 0 radical (unpaired) electrons. The molecule has 0 spiro atoms. The Morgan fingerprint density at radius 2 is 1.86 bits per heavy atom. The van der Waals surface area contributed by atoms with Crippen LogP contribution in [0.5, 0.6) is 0 Å². The van der Waals surface area contributed by atoms with Gasteiger partial charge in [0.15, 0.2) is 0 Å². The van der Waals surface area contributed by atoms with Gasteiger partial charge in [0.2, 0.25) is 0 Å². The van der Waals surface area contributed by atoms with Gasteiger partial charge in [0.1, 0.15) is 0 Å². The maximum absolute atomic E-state index is 3.76. The molecule has 5 rings (SSSR count). The lowest BCUT2D eigenvalue weighted by Crippen LogP contribution is -2.57. The third-order valence-corrected chi connectivity index (χ3v) is 5.38. The van der Waals surface area contributed by atoms with Crippen molar-refractivity contribution in [1.29, 1.82) is 0 Å². The van der Waals surface area contributed by atoms with Crippen molar-refractivity contribution in [2.45, 2.75) is 25.6 Å². The second-order valence-corrected chi connectivity index (χ2v) is 7.44. The summed E-state index contributed by atoms with van der Waals surface area (Å²) in [4.78, 5) is 2.62. The first kappa shape index (κ1) is 14.4. The van der Waals surface area contributed by atoms with Crippen LogP contribution < -0.4 is 5.32 Å². The third kappa shape index (κ3) is 2.98. The first-order valence-corrected chi connectivity index (χ1v) is 8.86. The van der Waals surface area contributed by atoms with Gasteiger partial charge in [0.25, 0.3) is 0 Å². The SMILES string of the molecule is Brc1cccc(CN2CC3CNC2Cc2ccccc2C3)c1. The molecule has 2 aromatic rings. The van der Waals surface area contributed by atoms with E-state index >= 15 is 0 Å². The molecule has 0 aromatic heterocycles. The van der Waals surface area contributed by atoms with Crippen LogP contribution in [-0.2, 0) is 19.4 Å². The number of benzene rings is 2. The Balaban J connectivity index is 1.58. The smallest absolute Gasteiger partial charge is 0.0641 e. The Morgan fingerprint density at radius 1 is 1.05 bits per heavy atom. The van der Waals surface area contributed by atoms with E-state index in [9.17, 15) is 0 Å². The molecular formula is C19H21BrN2. The van der Waals surface area contributed by atoms with Crippen molar-refractivity contribution in [3.63, 3.8) is 0 Å². The zero-order chi connectivity index (χ0) is 14.9. The molecule has 3 heterocycles. The van der Waals surface area contributed by atoms with Crippen LogP contribution in [0.4, 0.5) is 0 Å². The van der Waals surface area contributed by atoms with Crippen LogP contribution in [0.2, 0.25) is 0 Å². The summed E-state index contributed by atoms with van der Waals surface area (Å²) in [5.41, 5.74) is 4.46. The molecule has 2 aromatic carbocycles. The maximum atomic E-state index is 3.76. The minimum absolute atomic E-state index is 0.455. The summed E-state index contributed by atoms with van der Waals surface area (Å²) in [5, 5.41) is 3.76. The number of hydrogen-bond acceptors (Lipinski definition) is 2. The summed E-state index contributed by atoms with van der Waals surface area (Å²) in [6, 6.07) is 17.7. The quantitative estimate of drug-likeness (QED) is 0.884. The van der Waals surface area contributed by atoms with E-state index in [4.69, 9.17) is 0 Å². The Bertz CT molecular complexity index is 670. The van der Waals surface area contributed by atoms with E-state index in [0.29, 0.717) is 12.1 Å². The molecule has 1 N–H and O–H groups in total. The number of halogens is 1. The average molecular weight is 357 g/mol. The molecule has 3 heteroatoms. The summed E-state index contributed by atoms with van der Waals surface area (Å²) in [5.74, 6) is 0.713. The van der Waals surface area contributed by atoms with Crippen LogP contribution >= 0.6 is 15.9 Å². The minimum atomic E-state index is 0.455. The van der Waals surface area contributed by atoms with Crippen molar-refractivity contribution in [3.8, 4) is 0 Å². The number of hydrogen-bond donors (Lipinski definition) is 1. The van der Waals surface area contributed by atoms with Crippen molar-refractivity contribution in [2.24, 2.45) is 5.92 Å². The molecule has 114 valence electrons. The summed E-state index contributed by atoms with van der Waals surface area (Å²) in [6.07, 6.45) is 2.76. The van der Waals surface area contributed by atoms with Crippen LogP contribution in [0.1, 0.15) is 16.7 Å². The first-order valence-electron chi connectivity index (χ1n) is 8.06. The molecular weight excluding hydrogens is 336 g/mol. The first-order chi connectivity index (χ1) is 10.8. The zero-order valence-electron chi connectivity index (χ0n) is 12.6. The van der Waals surface area contributed by atoms with Gasteiger partial charge in [-0.3, -0.25) is 4.90 Å². The van der Waals surface area contributed by atoms with E-state index in [0.717, 1.165) is 19.5 Å². The largest absolute Gasteiger partial charge is 0.301 e. The Morgan fingerprint density at radius 3 is 2.68 bits per heavy atom. The molecule has 3 aliphatic rings. The third-order valence-electron chi connectivity index (χ3n) is 4.89. The maximum Gasteiger partial charge on any atom is 0.0641 e. The fraction of sp³-hybridized carbons (Fsp3) is 0.368. The normalized spacial score (nSPS) is 24.6. The van der Waals surface area contributed by atoms with Crippen molar-refractivity contribution in [3.05, 3.63) is 69.7 Å². The number of rotatable bonds is 2. The average Bonchev–Trinajstić information content (AvgIpc) is 2.48. The van der Waals surface area contributed by atoms with E-state index in [1.165, 1.54) is 28.6 Å². The molecule has 2 atom stereocenters. The Kier molecular flexibility index (Phi) is 4.03. The number of fused-ring (bicyclic) bond motifs is 2. The molecule has 0 saturated carbocycles. The van der Waals surface area contributed by atoms with Crippen molar-refractivity contribution >= 4 is 15.9 Å². The molecule has 2 nitrogen and oxygen atoms in total. The summed E-state index contributed by atoms with van der Waals surface area (Å²) in [6.45, 7) is 3.36. The van der Waals surface area contributed by atoms with E-state index < -0.39 is 0 Å². The van der Waals surface area contributed by atoms with E-state index in [2.05, 4.69) is 74.7 Å². The summed E-state index contributed by atoms with van der Waals surface area (Å²) >= 11 is 3.58. The number of nitrogens with one attached hydrogen (secondary N) is 1. The van der Waals surface area contributed by atoms with Crippen LogP contribution in [0.3, 0.4) is 0 Å². The molecule has 0 aliphatic carbocycles. The second-order valence-electron chi connectivity index (χ2n) is 6.53. The van der Waals surface area contributed by atoms with Crippen molar-refractivity contribution in [1.82, 2.24) is 10.2 Å². The molecule has 1 fully saturated rings. The van der Waals surface area contributed by atoms with Gasteiger partial charge in [-0.25, -0.2) is 0 Å². The lowest BCUT2D eigenvalue weighted by molar-refractivity contribution is 0.0810. The van der Waals surface area contributed by atoms with Gasteiger partial charge in [-0.15, -0.1) is 0 Å². The van der Waals surface area contributed by atoms with Crippen molar-refractivity contribution in [2.75, 3.05) is 13.1 Å². The van der Waals surface area contributed by atoms with Gasteiger partial charge in [0.05, 0.1) is 6.17 Å². The van der Waals surface area contributed by atoms with Gasteiger partial charge in [-0.1, -0.05) is 52.3 Å². The highest BCUT2D eigenvalue weighted by atomic mass is 79.9. The Hall–Kier alpha value is -1.16. The van der Waals surface area contributed by atoms with Gasteiger partial charge >= 0.3 is 0 Å². The van der Waals surface area contributed by atoms with Gasteiger partial charge in [-0.2, -0.15) is 0 Å². The van der Waals surface area contributed by atoms with E-state index in [-0.39, 0.29) is 0 Å². The molecule has 22 heavy (non-hydrogen) atoms. The lowest BCUT2D eigenvalue weighted by Gasteiger charge is -2.43. The second kappa shape index (κ2) is 6.15.